The van der Waals surface area contributed by atoms with Gasteiger partial charge >= 0.3 is 6.18 Å². The maximum atomic E-state index is 12.3. The molecule has 3 atom stereocenters. The fourth-order valence-electron chi connectivity index (χ4n) is 3.67. The van der Waals surface area contributed by atoms with Gasteiger partial charge in [-0.3, -0.25) is 10.1 Å². The van der Waals surface area contributed by atoms with Crippen molar-refractivity contribution in [3.05, 3.63) is 12.3 Å². The van der Waals surface area contributed by atoms with Gasteiger partial charge in [-0.25, -0.2) is 0 Å². The van der Waals surface area contributed by atoms with Crippen LogP contribution < -0.4 is 4.74 Å². The van der Waals surface area contributed by atoms with E-state index in [1.807, 2.05) is 4.90 Å². The summed E-state index contributed by atoms with van der Waals surface area (Å²) in [6.45, 7) is 9.68. The van der Waals surface area contributed by atoms with Crippen molar-refractivity contribution in [3.8, 4) is 5.88 Å². The molecule has 0 spiro atoms. The molecule has 154 valence electrons. The van der Waals surface area contributed by atoms with Gasteiger partial charge in [0.1, 0.15) is 11.4 Å². The number of ether oxygens (including phenoxy) is 1. The summed E-state index contributed by atoms with van der Waals surface area (Å²) in [6, 6.07) is 1.45. The third kappa shape index (κ3) is 4.56. The van der Waals surface area contributed by atoms with Crippen LogP contribution in [0.3, 0.4) is 0 Å². The van der Waals surface area contributed by atoms with Crippen molar-refractivity contribution in [2.24, 2.45) is 5.92 Å². The predicted octanol–water partition coefficient (Wildman–Crippen LogP) is 3.41. The van der Waals surface area contributed by atoms with Gasteiger partial charge in [0, 0.05) is 24.3 Å². The Hall–Kier alpha value is -1.77. The molecular formula is C18H29F3N4O2. The quantitative estimate of drug-likeness (QED) is 0.577. The van der Waals surface area contributed by atoms with Crippen molar-refractivity contribution in [2.45, 2.75) is 70.8 Å². The lowest BCUT2D eigenvalue weighted by atomic mass is 9.91. The van der Waals surface area contributed by atoms with E-state index in [0.717, 1.165) is 6.42 Å². The zero-order valence-electron chi connectivity index (χ0n) is 16.5. The van der Waals surface area contributed by atoms with Crippen LogP contribution in [0.4, 0.5) is 13.2 Å². The number of amidine groups is 1. The van der Waals surface area contributed by atoms with Crippen molar-refractivity contribution in [1.29, 1.82) is 5.41 Å². The minimum Gasteiger partial charge on any atom is -0.476 e. The van der Waals surface area contributed by atoms with Crippen LogP contribution in [-0.2, 0) is 5.54 Å². The van der Waals surface area contributed by atoms with Crippen LogP contribution in [0.2, 0.25) is 0 Å². The molecule has 1 fully saturated rings. The summed E-state index contributed by atoms with van der Waals surface area (Å²) in [5.74, 6) is 0.669. The maximum absolute atomic E-state index is 12.3. The highest BCUT2D eigenvalue weighted by Crippen LogP contribution is 2.37. The van der Waals surface area contributed by atoms with Crippen LogP contribution in [0.15, 0.2) is 12.3 Å². The molecule has 6 nitrogen and oxygen atoms in total. The average Bonchev–Trinajstić information content (AvgIpc) is 3.08. The number of halogens is 3. The predicted molar refractivity (Wildman–Crippen MR) is 96.0 cm³/mol. The first-order chi connectivity index (χ1) is 12.3. The van der Waals surface area contributed by atoms with Gasteiger partial charge in [0.15, 0.2) is 0 Å². The summed E-state index contributed by atoms with van der Waals surface area (Å²) in [5.41, 5.74) is -1.40. The topological polar surface area (TPSA) is 74.4 Å². The van der Waals surface area contributed by atoms with Gasteiger partial charge in [0.25, 0.3) is 0 Å². The number of aromatic nitrogens is 2. The third-order valence-corrected chi connectivity index (χ3v) is 5.31. The SMILES string of the molecule is CC(O)[C@](C)(C(=N)N1C[C@@H](C)CC1(C)C)n1ccc(OCCC(F)(F)F)n1. The first-order valence-electron chi connectivity index (χ1n) is 9.08. The van der Waals surface area contributed by atoms with E-state index in [2.05, 4.69) is 25.9 Å². The van der Waals surface area contributed by atoms with Crippen molar-refractivity contribution in [1.82, 2.24) is 14.7 Å². The number of nitrogens with one attached hydrogen (secondary N) is 1. The smallest absolute Gasteiger partial charge is 0.392 e. The Labute approximate surface area is 157 Å². The van der Waals surface area contributed by atoms with Gasteiger partial charge in [-0.15, -0.1) is 5.10 Å². The highest BCUT2D eigenvalue weighted by atomic mass is 19.4. The summed E-state index contributed by atoms with van der Waals surface area (Å²) in [6.07, 6.45) is -3.85. The van der Waals surface area contributed by atoms with Gasteiger partial charge < -0.3 is 14.7 Å². The summed E-state index contributed by atoms with van der Waals surface area (Å²) in [4.78, 5) is 1.97. The number of hydrogen-bond acceptors (Lipinski definition) is 4. The lowest BCUT2D eigenvalue weighted by molar-refractivity contribution is -0.139. The van der Waals surface area contributed by atoms with Crippen LogP contribution in [0.5, 0.6) is 5.88 Å². The van der Waals surface area contributed by atoms with Gasteiger partial charge in [-0.1, -0.05) is 6.92 Å². The zero-order chi connectivity index (χ0) is 20.6. The van der Waals surface area contributed by atoms with E-state index in [9.17, 15) is 18.3 Å². The van der Waals surface area contributed by atoms with Crippen LogP contribution >= 0.6 is 0 Å². The average molecular weight is 390 g/mol. The molecule has 27 heavy (non-hydrogen) atoms. The molecule has 2 heterocycles. The molecule has 1 saturated heterocycles. The zero-order valence-corrected chi connectivity index (χ0v) is 16.5. The molecule has 0 saturated carbocycles. The Balaban J connectivity index is 2.22. The van der Waals surface area contributed by atoms with Crippen LogP contribution in [-0.4, -0.2) is 56.6 Å². The Kier molecular flexibility index (Phi) is 5.85. The Bertz CT molecular complexity index is 672. The van der Waals surface area contributed by atoms with Crippen LogP contribution in [0.1, 0.15) is 47.5 Å². The summed E-state index contributed by atoms with van der Waals surface area (Å²) in [7, 11) is 0. The highest BCUT2D eigenvalue weighted by molar-refractivity contribution is 5.88. The molecule has 1 aliphatic heterocycles. The van der Waals surface area contributed by atoms with Crippen LogP contribution in [0.25, 0.3) is 0 Å². The molecule has 0 aromatic carbocycles. The summed E-state index contributed by atoms with van der Waals surface area (Å²) < 4.78 is 43.3. The van der Waals surface area contributed by atoms with E-state index < -0.39 is 30.8 Å². The second-order valence-corrected chi connectivity index (χ2v) is 8.22. The molecule has 1 unspecified atom stereocenters. The van der Waals surface area contributed by atoms with E-state index in [-0.39, 0.29) is 17.3 Å². The molecule has 0 radical (unpaired) electrons. The van der Waals surface area contributed by atoms with Gasteiger partial charge in [-0.2, -0.15) is 13.2 Å². The Morgan fingerprint density at radius 2 is 2.11 bits per heavy atom. The van der Waals surface area contributed by atoms with Crippen molar-refractivity contribution >= 4 is 5.84 Å². The first kappa shape index (κ1) is 21.5. The largest absolute Gasteiger partial charge is 0.476 e. The molecule has 2 N–H and O–H groups in total. The number of aliphatic hydroxyl groups is 1. The number of likely N-dealkylation sites (tertiary alicyclic amines) is 1. The normalized spacial score (nSPS) is 23.1. The molecule has 0 bridgehead atoms. The molecule has 0 aliphatic carbocycles. The number of aliphatic hydroxyl groups excluding tert-OH is 1. The van der Waals surface area contributed by atoms with Crippen LogP contribution in [0, 0.1) is 11.3 Å². The number of hydrogen-bond donors (Lipinski definition) is 2. The Morgan fingerprint density at radius 3 is 2.59 bits per heavy atom. The van der Waals surface area contributed by atoms with E-state index >= 15 is 0 Å². The molecular weight excluding hydrogens is 361 g/mol. The fourth-order valence-corrected chi connectivity index (χ4v) is 3.67. The van der Waals surface area contributed by atoms with Gasteiger partial charge in [0.05, 0.1) is 19.1 Å². The number of nitrogens with zero attached hydrogens (tertiary/aromatic N) is 3. The molecule has 0 amide bonds. The van der Waals surface area contributed by atoms with E-state index in [1.165, 1.54) is 16.9 Å². The molecule has 2 rings (SSSR count). The van der Waals surface area contributed by atoms with E-state index in [1.54, 1.807) is 13.8 Å². The monoisotopic (exact) mass is 390 g/mol. The van der Waals surface area contributed by atoms with Crippen molar-refractivity contribution < 1.29 is 23.0 Å². The van der Waals surface area contributed by atoms with Crippen molar-refractivity contribution in [3.63, 3.8) is 0 Å². The number of alkyl halides is 3. The molecule has 1 aliphatic rings. The molecule has 1 aromatic rings. The molecule has 9 heteroatoms. The second-order valence-electron chi connectivity index (χ2n) is 8.22. The van der Waals surface area contributed by atoms with Gasteiger partial charge in [-0.05, 0) is 40.0 Å². The highest BCUT2D eigenvalue weighted by Gasteiger charge is 2.47. The summed E-state index contributed by atoms with van der Waals surface area (Å²) >= 11 is 0. The third-order valence-electron chi connectivity index (χ3n) is 5.31. The van der Waals surface area contributed by atoms with E-state index in [0.29, 0.717) is 12.5 Å². The maximum Gasteiger partial charge on any atom is 0.392 e. The lowest BCUT2D eigenvalue weighted by Crippen LogP contribution is -2.58. The minimum atomic E-state index is -4.29. The molecule has 1 aromatic heterocycles. The van der Waals surface area contributed by atoms with Crippen molar-refractivity contribution in [2.75, 3.05) is 13.2 Å². The fraction of sp³-hybridized carbons (Fsp3) is 0.778. The van der Waals surface area contributed by atoms with Gasteiger partial charge in [0.2, 0.25) is 5.88 Å². The lowest BCUT2D eigenvalue weighted by Gasteiger charge is -2.43. The standard InChI is InChI=1S/C18H29F3N4O2/c1-12-10-16(3,4)24(11-12)15(22)17(5,13(2)26)25-8-6-14(23-25)27-9-7-18(19,20)21/h6,8,12-13,22,26H,7,9-11H2,1-5H3/t12-,13?,17+/m0/s1. The minimum absolute atomic E-state index is 0.0352. The number of rotatable bonds is 6. The van der Waals surface area contributed by atoms with E-state index in [4.69, 9.17) is 10.1 Å². The summed E-state index contributed by atoms with van der Waals surface area (Å²) in [5, 5.41) is 23.4. The second kappa shape index (κ2) is 7.33. The Morgan fingerprint density at radius 1 is 1.48 bits per heavy atom. The first-order valence-corrected chi connectivity index (χ1v) is 9.08.